The van der Waals surface area contributed by atoms with Gasteiger partial charge >= 0.3 is 0 Å². The molecular formula is C11H19N3. The van der Waals surface area contributed by atoms with Gasteiger partial charge < -0.3 is 5.73 Å². The molecular weight excluding hydrogens is 174 g/mol. The first-order valence-corrected chi connectivity index (χ1v) is 5.40. The molecule has 3 N–H and O–H groups in total. The van der Waals surface area contributed by atoms with Crippen molar-refractivity contribution in [1.82, 2.24) is 10.2 Å². The first kappa shape index (κ1) is 9.56. The van der Waals surface area contributed by atoms with E-state index in [-0.39, 0.29) is 0 Å². The van der Waals surface area contributed by atoms with Crippen molar-refractivity contribution >= 4 is 5.82 Å². The van der Waals surface area contributed by atoms with Gasteiger partial charge in [0.05, 0.1) is 0 Å². The molecule has 78 valence electrons. The van der Waals surface area contributed by atoms with Gasteiger partial charge in [-0.1, -0.05) is 26.7 Å². The van der Waals surface area contributed by atoms with Crippen molar-refractivity contribution in [2.45, 2.75) is 45.4 Å². The maximum atomic E-state index is 5.63. The summed E-state index contributed by atoms with van der Waals surface area (Å²) in [7, 11) is 0. The molecule has 0 aromatic carbocycles. The van der Waals surface area contributed by atoms with Gasteiger partial charge in [0, 0.05) is 17.7 Å². The van der Waals surface area contributed by atoms with E-state index in [9.17, 15) is 0 Å². The number of nitrogens with one attached hydrogen (secondary N) is 1. The lowest BCUT2D eigenvalue weighted by atomic mass is 9.67. The first-order valence-electron chi connectivity index (χ1n) is 5.40. The van der Waals surface area contributed by atoms with E-state index < -0.39 is 0 Å². The lowest BCUT2D eigenvalue weighted by molar-refractivity contribution is 0.196. The van der Waals surface area contributed by atoms with Crippen molar-refractivity contribution in [3.05, 3.63) is 11.8 Å². The molecule has 0 radical (unpaired) electrons. The van der Waals surface area contributed by atoms with Gasteiger partial charge in [-0.2, -0.15) is 5.10 Å². The maximum absolute atomic E-state index is 5.63. The minimum atomic E-state index is 0.386. The van der Waals surface area contributed by atoms with Crippen LogP contribution in [0.3, 0.4) is 0 Å². The smallest absolute Gasteiger partial charge is 0.145 e. The fraction of sp³-hybridized carbons (Fsp3) is 0.727. The average Bonchev–Trinajstić information content (AvgIpc) is 2.51. The lowest BCUT2D eigenvalue weighted by Crippen LogP contribution is -2.26. The second-order valence-electron chi connectivity index (χ2n) is 5.04. The topological polar surface area (TPSA) is 54.7 Å². The summed E-state index contributed by atoms with van der Waals surface area (Å²) in [6, 6.07) is 1.98. The maximum Gasteiger partial charge on any atom is 0.145 e. The number of aromatic amines is 1. The Kier molecular flexibility index (Phi) is 2.25. The molecule has 1 aromatic heterocycles. The summed E-state index contributed by atoms with van der Waals surface area (Å²) in [5.74, 6) is 1.21. The van der Waals surface area contributed by atoms with E-state index in [4.69, 9.17) is 5.73 Å². The summed E-state index contributed by atoms with van der Waals surface area (Å²) in [5.41, 5.74) is 7.23. The lowest BCUT2D eigenvalue weighted by Gasteiger charge is -2.37. The van der Waals surface area contributed by atoms with Crippen molar-refractivity contribution in [2.75, 3.05) is 5.73 Å². The van der Waals surface area contributed by atoms with Gasteiger partial charge in [0.1, 0.15) is 5.82 Å². The van der Waals surface area contributed by atoms with E-state index >= 15 is 0 Å². The highest BCUT2D eigenvalue weighted by Crippen LogP contribution is 2.46. The Balaban J connectivity index is 2.23. The SMILES string of the molecule is CC1(C)CCCCC1c1cc(N)n[nH]1. The molecule has 1 unspecified atom stereocenters. The Morgan fingerprint density at radius 3 is 2.86 bits per heavy atom. The number of anilines is 1. The highest BCUT2D eigenvalue weighted by Gasteiger charge is 2.34. The Hall–Kier alpha value is -0.990. The predicted octanol–water partition coefficient (Wildman–Crippen LogP) is 2.68. The molecule has 0 saturated heterocycles. The Bertz CT molecular complexity index is 314. The van der Waals surface area contributed by atoms with Crippen LogP contribution in [0.15, 0.2) is 6.07 Å². The third-order valence-corrected chi connectivity index (χ3v) is 3.50. The number of aromatic nitrogens is 2. The molecule has 0 bridgehead atoms. The summed E-state index contributed by atoms with van der Waals surface area (Å²) in [5, 5.41) is 7.07. The largest absolute Gasteiger partial charge is 0.382 e. The Labute approximate surface area is 85.1 Å². The number of hydrogen-bond donors (Lipinski definition) is 2. The number of rotatable bonds is 1. The van der Waals surface area contributed by atoms with Crippen LogP contribution in [0.25, 0.3) is 0 Å². The molecule has 0 aliphatic heterocycles. The minimum Gasteiger partial charge on any atom is -0.382 e. The number of nitrogen functional groups attached to an aromatic ring is 1. The second kappa shape index (κ2) is 3.30. The number of nitrogens with two attached hydrogens (primary N) is 1. The van der Waals surface area contributed by atoms with Gasteiger partial charge in [-0.25, -0.2) is 0 Å². The van der Waals surface area contributed by atoms with E-state index in [1.807, 2.05) is 6.07 Å². The molecule has 0 amide bonds. The molecule has 3 heteroatoms. The molecule has 1 aliphatic carbocycles. The Morgan fingerprint density at radius 1 is 1.50 bits per heavy atom. The van der Waals surface area contributed by atoms with Gasteiger partial charge in [0.15, 0.2) is 0 Å². The zero-order valence-corrected chi connectivity index (χ0v) is 9.01. The zero-order chi connectivity index (χ0) is 10.2. The van der Waals surface area contributed by atoms with Crippen molar-refractivity contribution in [3.8, 4) is 0 Å². The quantitative estimate of drug-likeness (QED) is 0.720. The van der Waals surface area contributed by atoms with Crippen LogP contribution in [0.1, 0.15) is 51.1 Å². The molecule has 3 nitrogen and oxygen atoms in total. The number of H-pyrrole nitrogens is 1. The molecule has 1 aromatic rings. The van der Waals surface area contributed by atoms with Crippen LogP contribution in [0.4, 0.5) is 5.82 Å². The standard InChI is InChI=1S/C11H19N3/c1-11(2)6-4-3-5-8(11)9-7-10(12)14-13-9/h7-8H,3-6H2,1-2H3,(H3,12,13,14). The zero-order valence-electron chi connectivity index (χ0n) is 9.01. The normalized spacial score (nSPS) is 26.3. The minimum absolute atomic E-state index is 0.386. The fourth-order valence-corrected chi connectivity index (χ4v) is 2.60. The highest BCUT2D eigenvalue weighted by molar-refractivity contribution is 5.31. The molecule has 1 heterocycles. The third-order valence-electron chi connectivity index (χ3n) is 3.50. The summed E-state index contributed by atoms with van der Waals surface area (Å²) < 4.78 is 0. The molecule has 1 aliphatic rings. The van der Waals surface area contributed by atoms with E-state index in [2.05, 4.69) is 24.0 Å². The van der Waals surface area contributed by atoms with E-state index in [0.717, 1.165) is 0 Å². The molecule has 1 atom stereocenters. The van der Waals surface area contributed by atoms with Crippen molar-refractivity contribution < 1.29 is 0 Å². The van der Waals surface area contributed by atoms with Gasteiger partial charge in [-0.3, -0.25) is 5.10 Å². The van der Waals surface area contributed by atoms with Crippen molar-refractivity contribution in [1.29, 1.82) is 0 Å². The van der Waals surface area contributed by atoms with E-state index in [1.165, 1.54) is 31.4 Å². The highest BCUT2D eigenvalue weighted by atomic mass is 15.2. The molecule has 2 rings (SSSR count). The van der Waals surface area contributed by atoms with Crippen LogP contribution in [0.2, 0.25) is 0 Å². The summed E-state index contributed by atoms with van der Waals surface area (Å²) >= 11 is 0. The van der Waals surface area contributed by atoms with Crippen LogP contribution >= 0.6 is 0 Å². The number of nitrogens with zero attached hydrogens (tertiary/aromatic N) is 1. The van der Waals surface area contributed by atoms with Crippen LogP contribution in [-0.4, -0.2) is 10.2 Å². The monoisotopic (exact) mass is 193 g/mol. The number of hydrogen-bond acceptors (Lipinski definition) is 2. The third kappa shape index (κ3) is 1.63. The molecule has 1 fully saturated rings. The molecule has 1 saturated carbocycles. The van der Waals surface area contributed by atoms with E-state index in [0.29, 0.717) is 17.2 Å². The fourth-order valence-electron chi connectivity index (χ4n) is 2.60. The van der Waals surface area contributed by atoms with Crippen LogP contribution in [0.5, 0.6) is 0 Å². The van der Waals surface area contributed by atoms with E-state index in [1.54, 1.807) is 0 Å². The first-order chi connectivity index (χ1) is 6.59. The van der Waals surface area contributed by atoms with Gasteiger partial charge in [0.25, 0.3) is 0 Å². The van der Waals surface area contributed by atoms with Gasteiger partial charge in [-0.15, -0.1) is 0 Å². The summed E-state index contributed by atoms with van der Waals surface area (Å²) in [4.78, 5) is 0. The van der Waals surface area contributed by atoms with Crippen LogP contribution in [-0.2, 0) is 0 Å². The van der Waals surface area contributed by atoms with Crippen molar-refractivity contribution in [3.63, 3.8) is 0 Å². The summed E-state index contributed by atoms with van der Waals surface area (Å²) in [6.07, 6.45) is 5.24. The Morgan fingerprint density at radius 2 is 2.29 bits per heavy atom. The summed E-state index contributed by atoms with van der Waals surface area (Å²) in [6.45, 7) is 4.68. The second-order valence-corrected chi connectivity index (χ2v) is 5.04. The van der Waals surface area contributed by atoms with Crippen molar-refractivity contribution in [2.24, 2.45) is 5.41 Å². The van der Waals surface area contributed by atoms with Gasteiger partial charge in [0.2, 0.25) is 0 Å². The van der Waals surface area contributed by atoms with Crippen LogP contribution < -0.4 is 5.73 Å². The van der Waals surface area contributed by atoms with Crippen LogP contribution in [0, 0.1) is 5.41 Å². The molecule has 0 spiro atoms. The van der Waals surface area contributed by atoms with Gasteiger partial charge in [-0.05, 0) is 18.3 Å². The predicted molar refractivity (Wildman–Crippen MR) is 58.0 cm³/mol. The molecule has 14 heavy (non-hydrogen) atoms. The average molecular weight is 193 g/mol.